The van der Waals surface area contributed by atoms with Gasteiger partial charge in [0.15, 0.2) is 0 Å². The molecule has 0 saturated heterocycles. The average molecular weight is 350 g/mol. The topological polar surface area (TPSA) is 43.1 Å². The molecule has 0 saturated carbocycles. The molecule has 0 unspecified atom stereocenters. The van der Waals surface area contributed by atoms with Gasteiger partial charge in [-0.2, -0.15) is 30.7 Å². The van der Waals surface area contributed by atoms with Gasteiger partial charge in [-0.25, -0.2) is 0 Å². The molecular formula is C12H7ClF7NO. The molecule has 0 atom stereocenters. The lowest BCUT2D eigenvalue weighted by molar-refractivity contribution is -0.342. The second-order valence-corrected chi connectivity index (χ2v) is 4.55. The summed E-state index contributed by atoms with van der Waals surface area (Å²) >= 11 is 5.53. The summed E-state index contributed by atoms with van der Waals surface area (Å²) in [7, 11) is 0. The third-order valence-corrected chi connectivity index (χ3v) is 2.78. The molecule has 0 heterocycles. The maximum Gasteiger partial charge on any atom is 0.460 e. The third-order valence-electron chi connectivity index (χ3n) is 2.52. The van der Waals surface area contributed by atoms with E-state index in [9.17, 15) is 35.5 Å². The van der Waals surface area contributed by atoms with Crippen LogP contribution in [0.2, 0.25) is 5.02 Å². The van der Waals surface area contributed by atoms with Crippen LogP contribution < -0.4 is 5.73 Å². The molecule has 10 heteroatoms. The highest BCUT2D eigenvalue weighted by atomic mass is 35.5. The number of ketones is 1. The highest BCUT2D eigenvalue weighted by Crippen LogP contribution is 2.47. The Morgan fingerprint density at radius 2 is 1.45 bits per heavy atom. The highest BCUT2D eigenvalue weighted by Gasteiger charge is 2.75. The van der Waals surface area contributed by atoms with Gasteiger partial charge in [0.05, 0.1) is 0 Å². The number of benzene rings is 1. The smallest absolute Gasteiger partial charge is 0.398 e. The molecule has 2 N–H and O–H groups in total. The zero-order valence-corrected chi connectivity index (χ0v) is 11.2. The Bertz CT molecular complexity index is 592. The van der Waals surface area contributed by atoms with Crippen LogP contribution in [0, 0.1) is 0 Å². The molecule has 0 aliphatic heterocycles. The number of halogens is 8. The van der Waals surface area contributed by atoms with E-state index in [1.807, 2.05) is 0 Å². The Hall–Kier alpha value is -1.77. The van der Waals surface area contributed by atoms with Gasteiger partial charge in [-0.15, -0.1) is 0 Å². The van der Waals surface area contributed by atoms with Gasteiger partial charge in [0, 0.05) is 16.8 Å². The molecule has 0 aliphatic rings. The van der Waals surface area contributed by atoms with Crippen LogP contribution in [0.15, 0.2) is 30.3 Å². The van der Waals surface area contributed by atoms with Crippen LogP contribution in [0.3, 0.4) is 0 Å². The summed E-state index contributed by atoms with van der Waals surface area (Å²) in [5.74, 6) is -15.3. The van der Waals surface area contributed by atoms with Crippen molar-refractivity contribution in [1.29, 1.82) is 0 Å². The van der Waals surface area contributed by atoms with E-state index in [1.165, 1.54) is 24.3 Å². The molecule has 1 rings (SSSR count). The zero-order valence-electron chi connectivity index (χ0n) is 10.4. The van der Waals surface area contributed by atoms with Crippen molar-refractivity contribution < 1.29 is 35.5 Å². The van der Waals surface area contributed by atoms with Crippen molar-refractivity contribution in [3.63, 3.8) is 0 Å². The number of hydrogen-bond donors (Lipinski definition) is 1. The van der Waals surface area contributed by atoms with E-state index in [0.29, 0.717) is 0 Å². The molecule has 0 spiro atoms. The molecule has 0 fully saturated rings. The first kappa shape index (κ1) is 18.3. The number of hydrogen-bond acceptors (Lipinski definition) is 2. The molecule has 0 bridgehead atoms. The van der Waals surface area contributed by atoms with Crippen LogP contribution in [-0.2, 0) is 4.79 Å². The van der Waals surface area contributed by atoms with Crippen molar-refractivity contribution in [2.24, 2.45) is 5.73 Å². The fourth-order valence-corrected chi connectivity index (χ4v) is 1.42. The summed E-state index contributed by atoms with van der Waals surface area (Å²) < 4.78 is 87.4. The number of carbonyl (C=O) groups excluding carboxylic acids is 1. The summed E-state index contributed by atoms with van der Waals surface area (Å²) in [5, 5.41) is 0.233. The SMILES string of the molecule is N/C(=C\C(=O)C(F)(F)C(F)(F)C(F)(F)F)c1ccc(Cl)cc1. The van der Waals surface area contributed by atoms with E-state index in [0.717, 1.165) is 0 Å². The van der Waals surface area contributed by atoms with Crippen LogP contribution in [-0.4, -0.2) is 23.8 Å². The lowest BCUT2D eigenvalue weighted by atomic mass is 10.0. The summed E-state index contributed by atoms with van der Waals surface area (Å²) in [4.78, 5) is 11.1. The first-order valence-electron chi connectivity index (χ1n) is 5.40. The maximum atomic E-state index is 13.1. The number of allylic oxidation sites excluding steroid dienone is 1. The van der Waals surface area contributed by atoms with Crippen molar-refractivity contribution in [1.82, 2.24) is 0 Å². The van der Waals surface area contributed by atoms with E-state index < -0.39 is 29.5 Å². The molecule has 122 valence electrons. The molecule has 0 aliphatic carbocycles. The fourth-order valence-electron chi connectivity index (χ4n) is 1.29. The minimum atomic E-state index is -6.59. The Kier molecular flexibility index (Phi) is 4.81. The lowest BCUT2D eigenvalue weighted by Gasteiger charge is -2.26. The van der Waals surface area contributed by atoms with E-state index >= 15 is 0 Å². The van der Waals surface area contributed by atoms with Crippen molar-refractivity contribution >= 4 is 23.1 Å². The van der Waals surface area contributed by atoms with Crippen LogP contribution in [0.25, 0.3) is 5.70 Å². The quantitative estimate of drug-likeness (QED) is 0.658. The number of alkyl halides is 7. The summed E-state index contributed by atoms with van der Waals surface area (Å²) in [6, 6.07) is 4.85. The molecule has 0 radical (unpaired) electrons. The van der Waals surface area contributed by atoms with Gasteiger partial charge in [0.25, 0.3) is 0 Å². The highest BCUT2D eigenvalue weighted by molar-refractivity contribution is 6.30. The first-order valence-corrected chi connectivity index (χ1v) is 5.78. The first-order chi connectivity index (χ1) is 9.80. The standard InChI is InChI=1S/C12H7ClF7NO/c13-7-3-1-6(2-4-7)8(21)5-9(22)10(14,15)11(16,17)12(18,19)20/h1-5H,21H2/b8-5-. The van der Waals surface area contributed by atoms with Gasteiger partial charge in [-0.3, -0.25) is 4.79 Å². The minimum absolute atomic E-state index is 0.0520. The Balaban J connectivity index is 3.14. The van der Waals surface area contributed by atoms with E-state index in [1.54, 1.807) is 0 Å². The van der Waals surface area contributed by atoms with Crippen molar-refractivity contribution in [2.75, 3.05) is 0 Å². The van der Waals surface area contributed by atoms with Crippen molar-refractivity contribution in [2.45, 2.75) is 18.0 Å². The Morgan fingerprint density at radius 3 is 1.86 bits per heavy atom. The summed E-state index contributed by atoms with van der Waals surface area (Å²) in [6.45, 7) is 0. The average Bonchev–Trinajstić information content (AvgIpc) is 2.37. The second-order valence-electron chi connectivity index (χ2n) is 4.12. The van der Waals surface area contributed by atoms with Gasteiger partial charge in [-0.1, -0.05) is 23.7 Å². The predicted octanol–water partition coefficient (Wildman–Crippen LogP) is 4.04. The molecular weight excluding hydrogens is 343 g/mol. The van der Waals surface area contributed by atoms with Crippen LogP contribution in [0.5, 0.6) is 0 Å². The number of rotatable bonds is 4. The van der Waals surface area contributed by atoms with Gasteiger partial charge in [0.2, 0.25) is 5.78 Å². The van der Waals surface area contributed by atoms with E-state index in [4.69, 9.17) is 17.3 Å². The predicted molar refractivity (Wildman–Crippen MR) is 64.6 cm³/mol. The van der Waals surface area contributed by atoms with E-state index in [2.05, 4.69) is 0 Å². The lowest BCUT2D eigenvalue weighted by Crippen LogP contribution is -2.55. The molecule has 0 aromatic heterocycles. The normalized spacial score (nSPS) is 14.1. The Morgan fingerprint density at radius 1 is 1.00 bits per heavy atom. The van der Waals surface area contributed by atoms with Gasteiger partial charge < -0.3 is 5.73 Å². The molecule has 2 nitrogen and oxygen atoms in total. The third kappa shape index (κ3) is 3.34. The van der Waals surface area contributed by atoms with Crippen molar-refractivity contribution in [3.8, 4) is 0 Å². The zero-order chi connectivity index (χ0) is 17.3. The fraction of sp³-hybridized carbons (Fsp3) is 0.250. The second kappa shape index (κ2) is 5.79. The molecule has 22 heavy (non-hydrogen) atoms. The molecule has 0 amide bonds. The Labute approximate surface area is 124 Å². The molecule has 1 aromatic carbocycles. The summed E-state index contributed by atoms with van der Waals surface area (Å²) in [6.07, 6.45) is -6.77. The maximum absolute atomic E-state index is 13.1. The monoisotopic (exact) mass is 349 g/mol. The van der Waals surface area contributed by atoms with Crippen molar-refractivity contribution in [3.05, 3.63) is 40.9 Å². The number of nitrogens with two attached hydrogens (primary N) is 1. The van der Waals surface area contributed by atoms with Crippen LogP contribution >= 0.6 is 11.6 Å². The minimum Gasteiger partial charge on any atom is -0.398 e. The molecule has 1 aromatic rings. The number of carbonyl (C=O) groups is 1. The van der Waals surface area contributed by atoms with Gasteiger partial charge in [-0.05, 0) is 17.7 Å². The van der Waals surface area contributed by atoms with Crippen LogP contribution in [0.4, 0.5) is 30.7 Å². The van der Waals surface area contributed by atoms with Gasteiger partial charge >= 0.3 is 18.0 Å². The summed E-state index contributed by atoms with van der Waals surface area (Å²) in [5.41, 5.74) is 4.47. The van der Waals surface area contributed by atoms with Gasteiger partial charge in [0.1, 0.15) is 0 Å². The van der Waals surface area contributed by atoms with Crippen LogP contribution in [0.1, 0.15) is 5.56 Å². The largest absolute Gasteiger partial charge is 0.460 e. The van der Waals surface area contributed by atoms with E-state index in [-0.39, 0.29) is 16.7 Å².